The molecule has 0 aromatic heterocycles. The second-order valence-electron chi connectivity index (χ2n) is 3.61. The van der Waals surface area contributed by atoms with Gasteiger partial charge in [0.15, 0.2) is 0 Å². The Hall–Kier alpha value is -1.06. The van der Waals surface area contributed by atoms with E-state index >= 15 is 0 Å². The minimum Gasteiger partial charge on any atom is -0.465 e. The highest BCUT2D eigenvalue weighted by atomic mass is 16.6. The molecule has 0 aliphatic rings. The third kappa shape index (κ3) is 6.46. The molecular weight excluding hydrogens is 184 g/mol. The van der Waals surface area contributed by atoms with Crippen LogP contribution in [-0.4, -0.2) is 24.6 Å². The van der Waals surface area contributed by atoms with Gasteiger partial charge in [0.2, 0.25) is 0 Å². The minimum atomic E-state index is -0.337. The molecule has 82 valence electrons. The van der Waals surface area contributed by atoms with Gasteiger partial charge in [-0.2, -0.15) is 0 Å². The Morgan fingerprint density at radius 3 is 2.14 bits per heavy atom. The molecule has 4 nitrogen and oxygen atoms in total. The van der Waals surface area contributed by atoms with Crippen molar-refractivity contribution in [2.45, 2.75) is 40.2 Å². The molecule has 0 bridgehead atoms. The Balaban J connectivity index is 3.54. The van der Waals surface area contributed by atoms with E-state index in [1.807, 2.05) is 0 Å². The van der Waals surface area contributed by atoms with Crippen LogP contribution >= 0.6 is 0 Å². The average molecular weight is 202 g/mol. The average Bonchev–Trinajstić information content (AvgIpc) is 2.02. The molecule has 0 N–H and O–H groups in total. The van der Waals surface area contributed by atoms with Crippen LogP contribution in [0.1, 0.15) is 34.1 Å². The third-order valence-electron chi connectivity index (χ3n) is 1.39. The first kappa shape index (κ1) is 12.9. The molecule has 0 saturated carbocycles. The molecule has 14 heavy (non-hydrogen) atoms. The lowest BCUT2D eigenvalue weighted by molar-refractivity contribution is -0.153. The molecule has 0 aliphatic carbocycles. The van der Waals surface area contributed by atoms with Crippen LogP contribution in [0.5, 0.6) is 0 Å². The van der Waals surface area contributed by atoms with Crippen molar-refractivity contribution in [3.8, 4) is 0 Å². The van der Waals surface area contributed by atoms with Crippen LogP contribution < -0.4 is 0 Å². The fourth-order valence-electron chi connectivity index (χ4n) is 0.723. The zero-order chi connectivity index (χ0) is 11.1. The van der Waals surface area contributed by atoms with Crippen LogP contribution in [-0.2, 0) is 19.1 Å². The maximum Gasteiger partial charge on any atom is 0.309 e. The van der Waals surface area contributed by atoms with Crippen molar-refractivity contribution in [3.05, 3.63) is 0 Å². The van der Waals surface area contributed by atoms with Gasteiger partial charge in [-0.15, -0.1) is 0 Å². The first-order valence-corrected chi connectivity index (χ1v) is 4.79. The highest BCUT2D eigenvalue weighted by Crippen LogP contribution is 1.98. The monoisotopic (exact) mass is 202 g/mol. The van der Waals surface area contributed by atoms with Gasteiger partial charge in [0.1, 0.15) is 6.61 Å². The lowest BCUT2D eigenvalue weighted by Crippen LogP contribution is -2.17. The first-order valence-electron chi connectivity index (χ1n) is 4.79. The van der Waals surface area contributed by atoms with Gasteiger partial charge in [-0.3, -0.25) is 9.59 Å². The fourth-order valence-corrected chi connectivity index (χ4v) is 0.723. The predicted molar refractivity (Wildman–Crippen MR) is 51.6 cm³/mol. The zero-order valence-corrected chi connectivity index (χ0v) is 9.20. The number of rotatable bonds is 5. The van der Waals surface area contributed by atoms with Gasteiger partial charge in [-0.25, -0.2) is 0 Å². The van der Waals surface area contributed by atoms with Crippen LogP contribution in [0.25, 0.3) is 0 Å². The van der Waals surface area contributed by atoms with E-state index < -0.39 is 0 Å². The molecule has 0 aromatic rings. The van der Waals surface area contributed by atoms with Crippen molar-refractivity contribution < 1.29 is 19.1 Å². The highest BCUT2D eigenvalue weighted by molar-refractivity contribution is 5.73. The van der Waals surface area contributed by atoms with E-state index in [2.05, 4.69) is 0 Å². The summed E-state index contributed by atoms with van der Waals surface area (Å²) in [7, 11) is 0. The van der Waals surface area contributed by atoms with Crippen molar-refractivity contribution in [2.24, 2.45) is 5.92 Å². The molecule has 0 rings (SSSR count). The van der Waals surface area contributed by atoms with E-state index in [9.17, 15) is 9.59 Å². The fraction of sp³-hybridized carbons (Fsp3) is 0.800. The molecule has 0 unspecified atom stereocenters. The Labute approximate surface area is 84.6 Å². The summed E-state index contributed by atoms with van der Waals surface area (Å²) < 4.78 is 9.68. The SMILES string of the molecule is CC(C)OC(=O)CCOC(=O)C(C)C. The van der Waals surface area contributed by atoms with Crippen LogP contribution in [0, 0.1) is 5.92 Å². The molecule has 0 amide bonds. The van der Waals surface area contributed by atoms with Crippen molar-refractivity contribution in [1.82, 2.24) is 0 Å². The van der Waals surface area contributed by atoms with E-state index in [0.717, 1.165) is 0 Å². The number of hydrogen-bond acceptors (Lipinski definition) is 4. The molecule has 0 saturated heterocycles. The van der Waals surface area contributed by atoms with Crippen LogP contribution in [0.3, 0.4) is 0 Å². The van der Waals surface area contributed by atoms with Gasteiger partial charge in [-0.1, -0.05) is 13.8 Å². The Bertz CT molecular complexity index is 196. The van der Waals surface area contributed by atoms with Gasteiger partial charge in [-0.05, 0) is 13.8 Å². The van der Waals surface area contributed by atoms with E-state index in [1.165, 1.54) is 0 Å². The Morgan fingerprint density at radius 2 is 1.71 bits per heavy atom. The van der Waals surface area contributed by atoms with Crippen molar-refractivity contribution in [2.75, 3.05) is 6.61 Å². The van der Waals surface area contributed by atoms with Crippen LogP contribution in [0.15, 0.2) is 0 Å². The number of ether oxygens (including phenoxy) is 2. The summed E-state index contributed by atoms with van der Waals surface area (Å²) >= 11 is 0. The van der Waals surface area contributed by atoms with E-state index in [4.69, 9.17) is 9.47 Å². The van der Waals surface area contributed by atoms with Gasteiger partial charge >= 0.3 is 11.9 Å². The predicted octanol–water partition coefficient (Wildman–Crippen LogP) is 1.53. The minimum absolute atomic E-state index is 0.0998. The summed E-state index contributed by atoms with van der Waals surface area (Å²) in [6, 6.07) is 0. The molecule has 0 fully saturated rings. The molecule has 0 atom stereocenters. The molecule has 0 spiro atoms. The maximum atomic E-state index is 11.0. The summed E-state index contributed by atoms with van der Waals surface area (Å²) in [6.45, 7) is 7.14. The van der Waals surface area contributed by atoms with Crippen LogP contribution in [0.2, 0.25) is 0 Å². The summed E-state index contributed by atoms with van der Waals surface area (Å²) in [5.74, 6) is -0.782. The second kappa shape index (κ2) is 6.40. The number of esters is 2. The molecule has 0 aromatic carbocycles. The molecule has 4 heteroatoms. The van der Waals surface area contributed by atoms with E-state index in [0.29, 0.717) is 0 Å². The van der Waals surface area contributed by atoms with E-state index in [1.54, 1.807) is 27.7 Å². The smallest absolute Gasteiger partial charge is 0.309 e. The first-order chi connectivity index (χ1) is 6.43. The quantitative estimate of drug-likeness (QED) is 0.634. The highest BCUT2D eigenvalue weighted by Gasteiger charge is 2.10. The Morgan fingerprint density at radius 1 is 1.14 bits per heavy atom. The maximum absolute atomic E-state index is 11.0. The summed E-state index contributed by atoms with van der Waals surface area (Å²) in [5, 5.41) is 0. The Kier molecular flexibility index (Phi) is 5.92. The largest absolute Gasteiger partial charge is 0.465 e. The van der Waals surface area contributed by atoms with Crippen molar-refractivity contribution in [1.29, 1.82) is 0 Å². The molecule has 0 radical (unpaired) electrons. The molecule has 0 aliphatic heterocycles. The summed E-state index contributed by atoms with van der Waals surface area (Å²) in [4.78, 5) is 22.0. The van der Waals surface area contributed by atoms with Gasteiger partial charge < -0.3 is 9.47 Å². The number of hydrogen-bond donors (Lipinski definition) is 0. The third-order valence-corrected chi connectivity index (χ3v) is 1.39. The number of carbonyl (C=O) groups excluding carboxylic acids is 2. The number of carbonyl (C=O) groups is 2. The van der Waals surface area contributed by atoms with Crippen molar-refractivity contribution in [3.63, 3.8) is 0 Å². The van der Waals surface area contributed by atoms with Crippen LogP contribution in [0.4, 0.5) is 0 Å². The zero-order valence-electron chi connectivity index (χ0n) is 9.20. The van der Waals surface area contributed by atoms with Gasteiger partial charge in [0, 0.05) is 0 Å². The van der Waals surface area contributed by atoms with Gasteiger partial charge in [0.05, 0.1) is 18.4 Å². The lowest BCUT2D eigenvalue weighted by Gasteiger charge is -2.09. The molecule has 0 heterocycles. The van der Waals surface area contributed by atoms with E-state index in [-0.39, 0.29) is 37.0 Å². The molecular formula is C10H18O4. The summed E-state index contributed by atoms with van der Waals surface area (Å²) in [6.07, 6.45) is -0.000278. The second-order valence-corrected chi connectivity index (χ2v) is 3.61. The normalized spacial score (nSPS) is 10.4. The standard InChI is InChI=1S/C10H18O4/c1-7(2)10(12)13-6-5-9(11)14-8(3)4/h7-8H,5-6H2,1-4H3. The van der Waals surface area contributed by atoms with Gasteiger partial charge in [0.25, 0.3) is 0 Å². The lowest BCUT2D eigenvalue weighted by atomic mass is 10.2. The summed E-state index contributed by atoms with van der Waals surface area (Å²) in [5.41, 5.74) is 0. The van der Waals surface area contributed by atoms with Crippen molar-refractivity contribution >= 4 is 11.9 Å². The topological polar surface area (TPSA) is 52.6 Å².